The van der Waals surface area contributed by atoms with E-state index in [2.05, 4.69) is 20.4 Å². The SMILES string of the molecule is CC1=C(C(N)=O)[C@H](c2cccnc2)n2ncnc2N1. The van der Waals surface area contributed by atoms with Crippen LogP contribution in [0.25, 0.3) is 0 Å². The summed E-state index contributed by atoms with van der Waals surface area (Å²) in [6.07, 6.45) is 4.80. The van der Waals surface area contributed by atoms with Crippen molar-refractivity contribution in [3.63, 3.8) is 0 Å². The molecule has 1 amide bonds. The van der Waals surface area contributed by atoms with E-state index in [1.54, 1.807) is 24.0 Å². The number of anilines is 1. The summed E-state index contributed by atoms with van der Waals surface area (Å²) in [4.78, 5) is 19.9. The van der Waals surface area contributed by atoms with Crippen LogP contribution in [0.15, 0.2) is 42.1 Å². The highest BCUT2D eigenvalue weighted by atomic mass is 16.1. The summed E-state index contributed by atoms with van der Waals surface area (Å²) in [6, 6.07) is 3.29. The zero-order valence-corrected chi connectivity index (χ0v) is 10.2. The Balaban J connectivity index is 2.21. The van der Waals surface area contributed by atoms with Crippen LogP contribution < -0.4 is 11.1 Å². The van der Waals surface area contributed by atoms with Gasteiger partial charge in [0.05, 0.1) is 5.57 Å². The first-order chi connectivity index (χ1) is 9.18. The van der Waals surface area contributed by atoms with Crippen LogP contribution in [0.5, 0.6) is 0 Å². The Labute approximate surface area is 109 Å². The molecule has 0 fully saturated rings. The predicted octanol–water partition coefficient (Wildman–Crippen LogP) is 0.447. The van der Waals surface area contributed by atoms with Gasteiger partial charge in [-0.15, -0.1) is 0 Å². The molecule has 1 aliphatic rings. The molecule has 0 bridgehead atoms. The molecular formula is C12H12N6O. The minimum absolute atomic E-state index is 0.398. The van der Waals surface area contributed by atoms with Gasteiger partial charge in [0.2, 0.25) is 11.9 Å². The molecule has 3 heterocycles. The number of nitrogens with zero attached hydrogens (tertiary/aromatic N) is 4. The Kier molecular flexibility index (Phi) is 2.52. The molecule has 7 heteroatoms. The molecule has 0 spiro atoms. The van der Waals surface area contributed by atoms with E-state index in [-0.39, 0.29) is 0 Å². The Morgan fingerprint density at radius 1 is 1.53 bits per heavy atom. The molecule has 2 aromatic rings. The number of pyridine rings is 1. The maximum Gasteiger partial charge on any atom is 0.248 e. The number of rotatable bonds is 2. The van der Waals surface area contributed by atoms with Crippen LogP contribution in [0.1, 0.15) is 18.5 Å². The van der Waals surface area contributed by atoms with Gasteiger partial charge in [0, 0.05) is 18.1 Å². The quantitative estimate of drug-likeness (QED) is 0.812. The lowest BCUT2D eigenvalue weighted by Gasteiger charge is -2.27. The van der Waals surface area contributed by atoms with Crippen molar-refractivity contribution in [1.82, 2.24) is 19.7 Å². The number of aromatic nitrogens is 4. The van der Waals surface area contributed by atoms with Gasteiger partial charge < -0.3 is 11.1 Å². The molecule has 7 nitrogen and oxygen atoms in total. The van der Waals surface area contributed by atoms with E-state index in [4.69, 9.17) is 5.73 Å². The summed E-state index contributed by atoms with van der Waals surface area (Å²) in [5.74, 6) is 0.0938. The molecule has 3 N–H and O–H groups in total. The van der Waals surface area contributed by atoms with E-state index in [0.29, 0.717) is 17.2 Å². The number of hydrogen-bond donors (Lipinski definition) is 2. The fraction of sp³-hybridized carbons (Fsp3) is 0.167. The molecule has 1 atom stereocenters. The van der Waals surface area contributed by atoms with Gasteiger partial charge in [0.15, 0.2) is 0 Å². The van der Waals surface area contributed by atoms with Crippen molar-refractivity contribution in [2.24, 2.45) is 5.73 Å². The van der Waals surface area contributed by atoms with E-state index in [1.165, 1.54) is 6.33 Å². The summed E-state index contributed by atoms with van der Waals surface area (Å²) in [5, 5.41) is 7.17. The molecule has 0 aliphatic carbocycles. The van der Waals surface area contributed by atoms with Gasteiger partial charge in [-0.1, -0.05) is 6.07 Å². The molecule has 0 radical (unpaired) electrons. The zero-order valence-electron chi connectivity index (χ0n) is 10.2. The molecular weight excluding hydrogens is 244 g/mol. The summed E-state index contributed by atoms with van der Waals surface area (Å²) in [6.45, 7) is 1.79. The van der Waals surface area contributed by atoms with Crippen molar-refractivity contribution < 1.29 is 4.79 Å². The lowest BCUT2D eigenvalue weighted by molar-refractivity contribution is -0.115. The standard InChI is InChI=1S/C12H12N6O/c1-7-9(11(13)19)10(8-3-2-4-14-5-8)18-12(17-7)15-6-16-18/h2-6,10H,1H3,(H2,13,19)(H,15,16,17)/t10-/m0/s1. The van der Waals surface area contributed by atoms with Crippen LogP contribution in [0, 0.1) is 0 Å². The third kappa shape index (κ3) is 1.75. The topological polar surface area (TPSA) is 98.7 Å². The Morgan fingerprint density at radius 3 is 3.05 bits per heavy atom. The lowest BCUT2D eigenvalue weighted by Crippen LogP contribution is -2.31. The van der Waals surface area contributed by atoms with Crippen molar-refractivity contribution in [3.05, 3.63) is 47.7 Å². The number of amides is 1. The maximum absolute atomic E-state index is 11.7. The van der Waals surface area contributed by atoms with E-state index in [1.807, 2.05) is 12.1 Å². The second-order valence-electron chi connectivity index (χ2n) is 4.25. The normalized spacial score (nSPS) is 17.8. The van der Waals surface area contributed by atoms with Gasteiger partial charge in [0.25, 0.3) is 0 Å². The first-order valence-corrected chi connectivity index (χ1v) is 5.75. The smallest absolute Gasteiger partial charge is 0.248 e. The summed E-state index contributed by atoms with van der Waals surface area (Å²) < 4.78 is 1.63. The Hall–Kier alpha value is -2.70. The Bertz CT molecular complexity index is 660. The maximum atomic E-state index is 11.7. The fourth-order valence-corrected chi connectivity index (χ4v) is 2.26. The van der Waals surface area contributed by atoms with Crippen molar-refractivity contribution in [2.45, 2.75) is 13.0 Å². The van der Waals surface area contributed by atoms with Crippen molar-refractivity contribution in [1.29, 1.82) is 0 Å². The first kappa shape index (κ1) is 11.4. The monoisotopic (exact) mass is 256 g/mol. The number of hydrogen-bond acceptors (Lipinski definition) is 5. The average molecular weight is 256 g/mol. The molecule has 0 saturated carbocycles. The van der Waals surface area contributed by atoms with Crippen LogP contribution in [0.3, 0.4) is 0 Å². The van der Waals surface area contributed by atoms with Gasteiger partial charge in [-0.3, -0.25) is 9.78 Å². The van der Waals surface area contributed by atoms with Crippen LogP contribution in [0.4, 0.5) is 5.95 Å². The highest BCUT2D eigenvalue weighted by molar-refractivity contribution is 5.95. The molecule has 2 aromatic heterocycles. The van der Waals surface area contributed by atoms with Gasteiger partial charge in [-0.2, -0.15) is 10.1 Å². The zero-order chi connectivity index (χ0) is 13.4. The van der Waals surface area contributed by atoms with E-state index in [0.717, 1.165) is 5.56 Å². The number of carbonyl (C=O) groups is 1. The molecule has 0 aromatic carbocycles. The van der Waals surface area contributed by atoms with E-state index < -0.39 is 11.9 Å². The number of carbonyl (C=O) groups excluding carboxylic acids is 1. The van der Waals surface area contributed by atoms with Crippen molar-refractivity contribution >= 4 is 11.9 Å². The lowest BCUT2D eigenvalue weighted by atomic mass is 9.97. The number of allylic oxidation sites excluding steroid dienone is 1. The van der Waals surface area contributed by atoms with E-state index in [9.17, 15) is 4.79 Å². The first-order valence-electron chi connectivity index (χ1n) is 5.75. The number of primary amides is 1. The third-order valence-electron chi connectivity index (χ3n) is 3.06. The molecule has 1 aliphatic heterocycles. The molecule has 96 valence electrons. The highest BCUT2D eigenvalue weighted by Crippen LogP contribution is 2.33. The van der Waals surface area contributed by atoms with Crippen molar-refractivity contribution in [3.8, 4) is 0 Å². The van der Waals surface area contributed by atoms with Crippen LogP contribution in [-0.4, -0.2) is 25.7 Å². The van der Waals surface area contributed by atoms with Gasteiger partial charge in [0.1, 0.15) is 12.4 Å². The van der Waals surface area contributed by atoms with Gasteiger partial charge in [-0.05, 0) is 18.6 Å². The van der Waals surface area contributed by atoms with Crippen molar-refractivity contribution in [2.75, 3.05) is 5.32 Å². The largest absolute Gasteiger partial charge is 0.366 e. The summed E-state index contributed by atoms with van der Waals surface area (Å²) >= 11 is 0. The molecule has 19 heavy (non-hydrogen) atoms. The minimum Gasteiger partial charge on any atom is -0.366 e. The average Bonchev–Trinajstić information content (AvgIpc) is 2.85. The number of nitrogens with one attached hydrogen (secondary N) is 1. The second kappa shape index (κ2) is 4.20. The van der Waals surface area contributed by atoms with E-state index >= 15 is 0 Å². The minimum atomic E-state index is -0.486. The molecule has 0 unspecified atom stereocenters. The van der Waals surface area contributed by atoms with Gasteiger partial charge >= 0.3 is 0 Å². The second-order valence-corrected chi connectivity index (χ2v) is 4.25. The number of fused-ring (bicyclic) bond motifs is 1. The molecule has 3 rings (SSSR count). The number of nitrogens with two attached hydrogens (primary N) is 1. The fourth-order valence-electron chi connectivity index (χ4n) is 2.26. The van der Waals surface area contributed by atoms with Crippen LogP contribution >= 0.6 is 0 Å². The summed E-state index contributed by atoms with van der Waals surface area (Å²) in [7, 11) is 0. The van der Waals surface area contributed by atoms with Crippen LogP contribution in [-0.2, 0) is 4.79 Å². The summed E-state index contributed by atoms with van der Waals surface area (Å²) in [5.41, 5.74) is 7.48. The van der Waals surface area contributed by atoms with Gasteiger partial charge in [-0.25, -0.2) is 4.68 Å². The highest BCUT2D eigenvalue weighted by Gasteiger charge is 2.32. The van der Waals surface area contributed by atoms with Crippen LogP contribution in [0.2, 0.25) is 0 Å². The predicted molar refractivity (Wildman–Crippen MR) is 67.9 cm³/mol. The molecule has 0 saturated heterocycles. The third-order valence-corrected chi connectivity index (χ3v) is 3.06. The Morgan fingerprint density at radius 2 is 2.37 bits per heavy atom.